The van der Waals surface area contributed by atoms with Gasteiger partial charge in [0.15, 0.2) is 0 Å². The van der Waals surface area contributed by atoms with Gasteiger partial charge in [-0.05, 0) is 81.3 Å². The van der Waals surface area contributed by atoms with E-state index in [0.717, 1.165) is 18.8 Å². The first-order valence-corrected chi connectivity index (χ1v) is 9.06. The molecule has 0 N–H and O–H groups in total. The second-order valence-electron chi connectivity index (χ2n) is 6.60. The lowest BCUT2D eigenvalue weighted by Gasteiger charge is -2.26. The van der Waals surface area contributed by atoms with E-state index < -0.39 is 0 Å². The van der Waals surface area contributed by atoms with Crippen LogP contribution in [0.2, 0.25) is 0 Å². The molecule has 0 atom stereocenters. The highest BCUT2D eigenvalue weighted by atomic mass is 16.5. The van der Waals surface area contributed by atoms with Crippen molar-refractivity contribution in [3.63, 3.8) is 0 Å². The number of hydrogen-bond donors (Lipinski definition) is 0. The molecule has 120 valence electrons. The summed E-state index contributed by atoms with van der Waals surface area (Å²) >= 11 is 0. The summed E-state index contributed by atoms with van der Waals surface area (Å²) in [5.41, 5.74) is 2.89. The van der Waals surface area contributed by atoms with E-state index in [1.807, 2.05) is 0 Å². The topological polar surface area (TPSA) is 12.5 Å². The van der Waals surface area contributed by atoms with Crippen LogP contribution in [0.3, 0.4) is 0 Å². The molecule has 2 heteroatoms. The Bertz CT molecular complexity index is 471. The molecule has 1 aliphatic carbocycles. The highest BCUT2D eigenvalue weighted by Crippen LogP contribution is 2.27. The molecule has 0 radical (unpaired) electrons. The molecule has 0 unspecified atom stereocenters. The molecule has 2 nitrogen and oxygen atoms in total. The average molecular weight is 299 g/mol. The Labute approximate surface area is 135 Å². The summed E-state index contributed by atoms with van der Waals surface area (Å²) in [6.45, 7) is 4.58. The van der Waals surface area contributed by atoms with Gasteiger partial charge < -0.3 is 9.64 Å². The standard InChI is InChI=1S/C20H29NO/c1-3-8-18(9-4-1)19-10-12-20(13-11-19)22-17-7-16-21-14-5-2-6-15-21/h8,10-13H,1-7,9,14-17H2. The average Bonchev–Trinajstić information content (AvgIpc) is 2.61. The molecule has 0 aromatic heterocycles. The number of hydrogen-bond acceptors (Lipinski definition) is 2. The number of nitrogens with zero attached hydrogens (tertiary/aromatic N) is 1. The van der Waals surface area contributed by atoms with Gasteiger partial charge in [-0.1, -0.05) is 24.6 Å². The maximum Gasteiger partial charge on any atom is 0.119 e. The van der Waals surface area contributed by atoms with Gasteiger partial charge in [0, 0.05) is 6.54 Å². The molecule has 1 saturated heterocycles. The number of ether oxygens (including phenoxy) is 1. The van der Waals surface area contributed by atoms with Crippen molar-refractivity contribution < 1.29 is 4.74 Å². The van der Waals surface area contributed by atoms with Crippen LogP contribution < -0.4 is 4.74 Å². The summed E-state index contributed by atoms with van der Waals surface area (Å²) in [4.78, 5) is 2.57. The first-order valence-electron chi connectivity index (χ1n) is 9.06. The fourth-order valence-corrected chi connectivity index (χ4v) is 3.53. The molecule has 1 aromatic rings. The van der Waals surface area contributed by atoms with E-state index in [9.17, 15) is 0 Å². The van der Waals surface area contributed by atoms with Gasteiger partial charge in [-0.3, -0.25) is 0 Å². The van der Waals surface area contributed by atoms with Crippen LogP contribution in [0.25, 0.3) is 5.57 Å². The van der Waals surface area contributed by atoms with Gasteiger partial charge in [-0.15, -0.1) is 0 Å². The second kappa shape index (κ2) is 8.38. The second-order valence-corrected chi connectivity index (χ2v) is 6.60. The Morgan fingerprint density at radius 1 is 0.909 bits per heavy atom. The minimum Gasteiger partial charge on any atom is -0.494 e. The Kier molecular flexibility index (Phi) is 5.94. The zero-order valence-corrected chi connectivity index (χ0v) is 13.7. The fraction of sp³-hybridized carbons (Fsp3) is 0.600. The molecule has 0 bridgehead atoms. The van der Waals surface area contributed by atoms with Crippen LogP contribution in [0.15, 0.2) is 30.3 Å². The summed E-state index contributed by atoms with van der Waals surface area (Å²) in [5.74, 6) is 1.01. The van der Waals surface area contributed by atoms with Crippen molar-refractivity contribution in [2.24, 2.45) is 0 Å². The zero-order chi connectivity index (χ0) is 15.0. The van der Waals surface area contributed by atoms with Gasteiger partial charge in [0.05, 0.1) is 6.61 Å². The van der Waals surface area contributed by atoms with Gasteiger partial charge in [-0.2, -0.15) is 0 Å². The van der Waals surface area contributed by atoms with Gasteiger partial charge >= 0.3 is 0 Å². The number of benzene rings is 1. The zero-order valence-electron chi connectivity index (χ0n) is 13.7. The highest BCUT2D eigenvalue weighted by molar-refractivity contribution is 5.66. The molecule has 0 saturated carbocycles. The van der Waals surface area contributed by atoms with E-state index in [-0.39, 0.29) is 0 Å². The quantitative estimate of drug-likeness (QED) is 0.693. The third-order valence-corrected chi connectivity index (χ3v) is 4.85. The summed E-state index contributed by atoms with van der Waals surface area (Å²) in [7, 11) is 0. The maximum atomic E-state index is 5.89. The minimum absolute atomic E-state index is 0.832. The molecular formula is C20H29NO. The molecule has 22 heavy (non-hydrogen) atoms. The van der Waals surface area contributed by atoms with E-state index >= 15 is 0 Å². The third kappa shape index (κ3) is 4.61. The monoisotopic (exact) mass is 299 g/mol. The smallest absolute Gasteiger partial charge is 0.119 e. The number of piperidine rings is 1. The van der Waals surface area contributed by atoms with Gasteiger partial charge in [0.2, 0.25) is 0 Å². The highest BCUT2D eigenvalue weighted by Gasteiger charge is 2.09. The predicted octanol–water partition coefficient (Wildman–Crippen LogP) is 4.90. The molecule has 0 amide bonds. The van der Waals surface area contributed by atoms with Crippen molar-refractivity contribution in [3.05, 3.63) is 35.9 Å². The van der Waals surface area contributed by atoms with E-state index in [0.29, 0.717) is 0 Å². The van der Waals surface area contributed by atoms with Gasteiger partial charge in [0.1, 0.15) is 5.75 Å². The van der Waals surface area contributed by atoms with Crippen molar-refractivity contribution in [1.82, 2.24) is 4.90 Å². The van der Waals surface area contributed by atoms with Crippen LogP contribution in [-0.4, -0.2) is 31.1 Å². The van der Waals surface area contributed by atoms with Crippen LogP contribution in [-0.2, 0) is 0 Å². The lowest BCUT2D eigenvalue weighted by molar-refractivity contribution is 0.205. The van der Waals surface area contributed by atoms with Crippen LogP contribution in [0, 0.1) is 0 Å². The van der Waals surface area contributed by atoms with Crippen LogP contribution in [0.1, 0.15) is 56.9 Å². The first kappa shape index (κ1) is 15.6. The first-order chi connectivity index (χ1) is 10.9. The van der Waals surface area contributed by atoms with Gasteiger partial charge in [-0.25, -0.2) is 0 Å². The molecule has 1 heterocycles. The largest absolute Gasteiger partial charge is 0.494 e. The van der Waals surface area contributed by atoms with Gasteiger partial charge in [0.25, 0.3) is 0 Å². The SMILES string of the molecule is C1=C(c2ccc(OCCCN3CCCCC3)cc2)CCCC1. The summed E-state index contributed by atoms with van der Waals surface area (Å²) in [6, 6.07) is 8.70. The summed E-state index contributed by atoms with van der Waals surface area (Å²) in [6.07, 6.45) is 12.8. The van der Waals surface area contributed by atoms with E-state index in [1.165, 1.54) is 75.7 Å². The van der Waals surface area contributed by atoms with E-state index in [2.05, 4.69) is 35.2 Å². The van der Waals surface area contributed by atoms with Crippen LogP contribution in [0.4, 0.5) is 0 Å². The third-order valence-electron chi connectivity index (χ3n) is 4.85. The molecule has 1 aliphatic heterocycles. The van der Waals surface area contributed by atoms with Crippen LogP contribution in [0.5, 0.6) is 5.75 Å². The van der Waals surface area contributed by atoms with Crippen molar-refractivity contribution in [1.29, 1.82) is 0 Å². The molecule has 2 aliphatic rings. The Balaban J connectivity index is 1.40. The molecule has 3 rings (SSSR count). The number of likely N-dealkylation sites (tertiary alicyclic amines) is 1. The Hall–Kier alpha value is -1.28. The lowest BCUT2D eigenvalue weighted by atomic mass is 9.94. The normalized spacial score (nSPS) is 19.7. The summed E-state index contributed by atoms with van der Waals surface area (Å²) in [5, 5.41) is 0. The molecular weight excluding hydrogens is 270 g/mol. The molecule has 0 spiro atoms. The minimum atomic E-state index is 0.832. The van der Waals surface area contributed by atoms with Crippen molar-refractivity contribution >= 4 is 5.57 Å². The summed E-state index contributed by atoms with van der Waals surface area (Å²) < 4.78 is 5.89. The Morgan fingerprint density at radius 2 is 1.73 bits per heavy atom. The number of rotatable bonds is 6. The molecule has 1 aromatic carbocycles. The maximum absolute atomic E-state index is 5.89. The van der Waals surface area contributed by atoms with E-state index in [1.54, 1.807) is 0 Å². The Morgan fingerprint density at radius 3 is 2.45 bits per heavy atom. The predicted molar refractivity (Wildman–Crippen MR) is 93.3 cm³/mol. The van der Waals surface area contributed by atoms with Crippen LogP contribution >= 0.6 is 0 Å². The van der Waals surface area contributed by atoms with Crippen molar-refractivity contribution in [2.45, 2.75) is 51.4 Å². The van der Waals surface area contributed by atoms with Crippen molar-refractivity contribution in [3.8, 4) is 5.75 Å². The van der Waals surface area contributed by atoms with E-state index in [4.69, 9.17) is 4.74 Å². The van der Waals surface area contributed by atoms with Crippen molar-refractivity contribution in [2.75, 3.05) is 26.2 Å². The fourth-order valence-electron chi connectivity index (χ4n) is 3.53. The number of allylic oxidation sites excluding steroid dienone is 2. The lowest BCUT2D eigenvalue weighted by Crippen LogP contribution is -2.31. The molecule has 1 fully saturated rings.